The van der Waals surface area contributed by atoms with Gasteiger partial charge in [0.2, 0.25) is 0 Å². The average Bonchev–Trinajstić information content (AvgIpc) is 2.16. The maximum absolute atomic E-state index is 11.6. The van der Waals surface area contributed by atoms with Crippen LogP contribution < -0.4 is 5.56 Å². The molecule has 1 heterocycles. The highest BCUT2D eigenvalue weighted by Gasteiger charge is 2.17. The Morgan fingerprint density at radius 3 is 2.47 bits per heavy atom. The summed E-state index contributed by atoms with van der Waals surface area (Å²) in [6.45, 7) is 5.44. The number of aromatic amines is 1. The van der Waals surface area contributed by atoms with Crippen molar-refractivity contribution in [1.29, 1.82) is 0 Å². The first-order valence-electron chi connectivity index (χ1n) is 4.66. The second-order valence-corrected chi connectivity index (χ2v) is 3.56. The smallest absolute Gasteiger partial charge is 0.345 e. The zero-order chi connectivity index (χ0) is 11.6. The number of carbonyl (C=O) groups excluding carboxylic acids is 1. The van der Waals surface area contributed by atoms with Gasteiger partial charge in [-0.2, -0.15) is 0 Å². The maximum atomic E-state index is 11.6. The Bertz CT molecular complexity index is 435. The van der Waals surface area contributed by atoms with Gasteiger partial charge in [0.15, 0.2) is 0 Å². The molecule has 0 aliphatic rings. The Morgan fingerprint density at radius 2 is 2.07 bits per heavy atom. The van der Waals surface area contributed by atoms with Gasteiger partial charge in [-0.15, -0.1) is 0 Å². The largest absolute Gasteiger partial charge is 0.465 e. The highest BCUT2D eigenvalue weighted by Crippen LogP contribution is 2.08. The van der Waals surface area contributed by atoms with Crippen molar-refractivity contribution in [3.63, 3.8) is 0 Å². The van der Waals surface area contributed by atoms with Crippen molar-refractivity contribution in [2.75, 3.05) is 7.11 Å². The van der Waals surface area contributed by atoms with E-state index >= 15 is 0 Å². The van der Waals surface area contributed by atoms with Crippen LogP contribution in [0.25, 0.3) is 0 Å². The van der Waals surface area contributed by atoms with Gasteiger partial charge < -0.3 is 9.72 Å². The normalized spacial score (nSPS) is 10.5. The quantitative estimate of drug-likeness (QED) is 0.739. The summed E-state index contributed by atoms with van der Waals surface area (Å²) in [5.41, 5.74) is -0.0748. The van der Waals surface area contributed by atoms with Crippen molar-refractivity contribution >= 4 is 5.97 Å². The minimum Gasteiger partial charge on any atom is -0.465 e. The number of aryl methyl sites for hydroxylation is 1. The third kappa shape index (κ3) is 2.23. The number of esters is 1. The molecule has 0 spiro atoms. The minimum absolute atomic E-state index is 0.0260. The summed E-state index contributed by atoms with van der Waals surface area (Å²) in [6.07, 6.45) is 0. The van der Waals surface area contributed by atoms with Crippen molar-refractivity contribution in [1.82, 2.24) is 9.97 Å². The van der Waals surface area contributed by atoms with Gasteiger partial charge >= 0.3 is 5.97 Å². The van der Waals surface area contributed by atoms with E-state index in [2.05, 4.69) is 14.7 Å². The summed E-state index contributed by atoms with van der Waals surface area (Å²) in [4.78, 5) is 29.5. The zero-order valence-electron chi connectivity index (χ0n) is 9.25. The molecule has 0 saturated heterocycles. The lowest BCUT2D eigenvalue weighted by atomic mass is 10.2. The molecule has 0 saturated carbocycles. The Balaban J connectivity index is 3.34. The summed E-state index contributed by atoms with van der Waals surface area (Å²) in [6, 6.07) is 0. The molecule has 5 heteroatoms. The molecule has 1 aromatic rings. The summed E-state index contributed by atoms with van der Waals surface area (Å²) >= 11 is 0. The minimum atomic E-state index is -0.656. The molecular weight excluding hydrogens is 196 g/mol. The van der Waals surface area contributed by atoms with Crippen LogP contribution in [0.4, 0.5) is 0 Å². The molecule has 15 heavy (non-hydrogen) atoms. The van der Waals surface area contributed by atoms with E-state index < -0.39 is 11.5 Å². The first-order valence-corrected chi connectivity index (χ1v) is 4.66. The topological polar surface area (TPSA) is 72.0 Å². The molecule has 0 radical (unpaired) electrons. The molecule has 1 rings (SSSR count). The molecule has 1 aromatic heterocycles. The van der Waals surface area contributed by atoms with Gasteiger partial charge in [0, 0.05) is 5.92 Å². The summed E-state index contributed by atoms with van der Waals surface area (Å²) < 4.78 is 4.50. The Labute approximate surface area is 87.5 Å². The van der Waals surface area contributed by atoms with Gasteiger partial charge in [0.05, 0.1) is 12.8 Å². The molecule has 5 nitrogen and oxygen atoms in total. The van der Waals surface area contributed by atoms with E-state index in [-0.39, 0.29) is 11.5 Å². The first kappa shape index (κ1) is 11.4. The van der Waals surface area contributed by atoms with Crippen molar-refractivity contribution < 1.29 is 9.53 Å². The zero-order valence-corrected chi connectivity index (χ0v) is 9.25. The highest BCUT2D eigenvalue weighted by atomic mass is 16.5. The van der Waals surface area contributed by atoms with Crippen molar-refractivity contribution in [2.24, 2.45) is 0 Å². The van der Waals surface area contributed by atoms with Gasteiger partial charge in [-0.25, -0.2) is 9.78 Å². The lowest BCUT2D eigenvalue weighted by molar-refractivity contribution is 0.0597. The summed E-state index contributed by atoms with van der Waals surface area (Å²) in [7, 11) is 1.23. The molecule has 0 atom stereocenters. The standard InChI is InChI=1S/C10H14N2O3/c1-5(2)8-11-6(3)7(9(13)12-8)10(14)15-4/h5H,1-4H3,(H,11,12,13). The fraction of sp³-hybridized carbons (Fsp3) is 0.500. The predicted molar refractivity (Wildman–Crippen MR) is 55.0 cm³/mol. The Kier molecular flexibility index (Phi) is 3.24. The van der Waals surface area contributed by atoms with Crippen LogP contribution in [0.3, 0.4) is 0 Å². The first-order chi connectivity index (χ1) is 6.97. The number of carbonyl (C=O) groups is 1. The summed E-state index contributed by atoms with van der Waals surface area (Å²) in [5, 5.41) is 0. The van der Waals surface area contributed by atoms with Crippen molar-refractivity contribution in [3.8, 4) is 0 Å². The number of ether oxygens (including phenoxy) is 1. The van der Waals surface area contributed by atoms with Gasteiger partial charge in [-0.1, -0.05) is 13.8 Å². The summed E-state index contributed by atoms with van der Waals surface area (Å²) in [5.74, 6) is 0.0322. The fourth-order valence-corrected chi connectivity index (χ4v) is 1.22. The van der Waals surface area contributed by atoms with Crippen molar-refractivity contribution in [2.45, 2.75) is 26.7 Å². The molecular formula is C10H14N2O3. The number of H-pyrrole nitrogens is 1. The molecule has 0 aromatic carbocycles. The number of hydrogen-bond donors (Lipinski definition) is 1. The number of nitrogens with zero attached hydrogens (tertiary/aromatic N) is 1. The van der Waals surface area contributed by atoms with E-state index in [0.717, 1.165) is 0 Å². The van der Waals surface area contributed by atoms with Crippen LogP contribution in [0.15, 0.2) is 4.79 Å². The van der Waals surface area contributed by atoms with Crippen molar-refractivity contribution in [3.05, 3.63) is 27.4 Å². The Hall–Kier alpha value is -1.65. The number of aromatic nitrogens is 2. The van der Waals surface area contributed by atoms with Crippen LogP contribution in [0.5, 0.6) is 0 Å². The molecule has 0 fully saturated rings. The number of methoxy groups -OCH3 is 1. The molecule has 0 unspecified atom stereocenters. The lowest BCUT2D eigenvalue weighted by Crippen LogP contribution is -2.24. The predicted octanol–water partition coefficient (Wildman–Crippen LogP) is 0.988. The molecule has 0 aliphatic carbocycles. The van der Waals surface area contributed by atoms with E-state index in [1.54, 1.807) is 6.92 Å². The van der Waals surface area contributed by atoms with E-state index in [1.165, 1.54) is 7.11 Å². The van der Waals surface area contributed by atoms with Crippen LogP contribution in [0.1, 0.15) is 41.6 Å². The highest BCUT2D eigenvalue weighted by molar-refractivity contribution is 5.89. The lowest BCUT2D eigenvalue weighted by Gasteiger charge is -2.07. The maximum Gasteiger partial charge on any atom is 0.345 e. The van der Waals surface area contributed by atoms with Crippen LogP contribution in [-0.4, -0.2) is 23.0 Å². The monoisotopic (exact) mass is 210 g/mol. The van der Waals surface area contributed by atoms with Crippen LogP contribution >= 0.6 is 0 Å². The molecule has 0 bridgehead atoms. The molecule has 0 amide bonds. The average molecular weight is 210 g/mol. The number of hydrogen-bond acceptors (Lipinski definition) is 4. The number of nitrogens with one attached hydrogen (secondary N) is 1. The van der Waals surface area contributed by atoms with Gasteiger partial charge in [0.25, 0.3) is 5.56 Å². The molecule has 0 aliphatic heterocycles. The van der Waals surface area contributed by atoms with E-state index in [4.69, 9.17) is 0 Å². The van der Waals surface area contributed by atoms with Gasteiger partial charge in [0.1, 0.15) is 11.4 Å². The number of rotatable bonds is 2. The SMILES string of the molecule is COC(=O)c1c(C)nc(C(C)C)[nH]c1=O. The van der Waals surface area contributed by atoms with E-state index in [9.17, 15) is 9.59 Å². The third-order valence-corrected chi connectivity index (χ3v) is 2.06. The van der Waals surface area contributed by atoms with E-state index in [0.29, 0.717) is 11.5 Å². The molecule has 82 valence electrons. The second kappa shape index (κ2) is 4.25. The third-order valence-electron chi connectivity index (χ3n) is 2.06. The van der Waals surface area contributed by atoms with Gasteiger partial charge in [-0.05, 0) is 6.92 Å². The van der Waals surface area contributed by atoms with Crippen LogP contribution in [-0.2, 0) is 4.74 Å². The second-order valence-electron chi connectivity index (χ2n) is 3.56. The Morgan fingerprint density at radius 1 is 1.47 bits per heavy atom. The van der Waals surface area contributed by atoms with Crippen LogP contribution in [0.2, 0.25) is 0 Å². The fourth-order valence-electron chi connectivity index (χ4n) is 1.22. The van der Waals surface area contributed by atoms with Gasteiger partial charge in [-0.3, -0.25) is 4.79 Å². The van der Waals surface area contributed by atoms with Crippen LogP contribution in [0, 0.1) is 6.92 Å². The molecule has 1 N–H and O–H groups in total. The van der Waals surface area contributed by atoms with E-state index in [1.807, 2.05) is 13.8 Å².